The first-order valence-corrected chi connectivity index (χ1v) is 6.72. The number of nitrogens with one attached hydrogen (secondary N) is 3. The molecular weight excluding hydrogens is 266 g/mol. The molecule has 7 nitrogen and oxygen atoms in total. The summed E-state index contributed by atoms with van der Waals surface area (Å²) in [5.41, 5.74) is 5.31. The fourth-order valence-electron chi connectivity index (χ4n) is 2.08. The molecule has 108 valence electrons. The van der Waals surface area contributed by atoms with Gasteiger partial charge in [-0.15, -0.1) is 0 Å². The van der Waals surface area contributed by atoms with Gasteiger partial charge in [0.25, 0.3) is 0 Å². The first-order chi connectivity index (χ1) is 10.2. The number of benzene rings is 1. The van der Waals surface area contributed by atoms with Gasteiger partial charge in [-0.1, -0.05) is 26.0 Å². The van der Waals surface area contributed by atoms with Crippen LogP contribution in [0.4, 0.5) is 17.5 Å². The number of nitrogens with zero attached hydrogens (tertiary/aromatic N) is 3. The Morgan fingerprint density at radius 2 is 1.90 bits per heavy atom. The zero-order valence-electron chi connectivity index (χ0n) is 11.9. The standard InChI is InChI=1S/C14H17N7/c1-8(2)9-3-5-10(6-4-9)17-12-11-7-16-21-13(11)19-14(18-12)20-15/h3-8H,15H2,1-2H3,(H3,16,17,18,19,20,21). The smallest absolute Gasteiger partial charge is 0.241 e. The first kappa shape index (κ1) is 13.3. The van der Waals surface area contributed by atoms with E-state index in [4.69, 9.17) is 5.84 Å². The maximum absolute atomic E-state index is 5.39. The lowest BCUT2D eigenvalue weighted by Gasteiger charge is -2.10. The Morgan fingerprint density at radius 3 is 2.57 bits per heavy atom. The van der Waals surface area contributed by atoms with Crippen LogP contribution in [0.1, 0.15) is 25.3 Å². The molecule has 0 saturated carbocycles. The van der Waals surface area contributed by atoms with Gasteiger partial charge in [-0.25, -0.2) is 5.84 Å². The van der Waals surface area contributed by atoms with Crippen molar-refractivity contribution in [3.63, 3.8) is 0 Å². The van der Waals surface area contributed by atoms with Gasteiger partial charge >= 0.3 is 0 Å². The lowest BCUT2D eigenvalue weighted by Crippen LogP contribution is -2.11. The molecule has 3 aromatic rings. The zero-order chi connectivity index (χ0) is 14.8. The van der Waals surface area contributed by atoms with E-state index in [-0.39, 0.29) is 0 Å². The SMILES string of the molecule is CC(C)c1ccc(Nc2nc(NN)nc3[nH]ncc23)cc1. The van der Waals surface area contributed by atoms with E-state index in [2.05, 4.69) is 56.9 Å². The number of fused-ring (bicyclic) bond motifs is 1. The molecule has 7 heteroatoms. The van der Waals surface area contributed by atoms with Gasteiger partial charge in [-0.05, 0) is 23.6 Å². The molecule has 3 rings (SSSR count). The monoisotopic (exact) mass is 283 g/mol. The van der Waals surface area contributed by atoms with Crippen LogP contribution in [0.2, 0.25) is 0 Å². The van der Waals surface area contributed by atoms with Gasteiger partial charge in [0, 0.05) is 5.69 Å². The van der Waals surface area contributed by atoms with E-state index in [1.54, 1.807) is 6.20 Å². The predicted octanol–water partition coefficient (Wildman–Crippen LogP) is 2.51. The molecule has 0 atom stereocenters. The number of hydrogen-bond acceptors (Lipinski definition) is 6. The second kappa shape index (κ2) is 5.37. The highest BCUT2D eigenvalue weighted by Gasteiger charge is 2.09. The molecule has 0 amide bonds. The van der Waals surface area contributed by atoms with Gasteiger partial charge in [0.15, 0.2) is 5.65 Å². The van der Waals surface area contributed by atoms with Gasteiger partial charge < -0.3 is 5.32 Å². The molecule has 0 bridgehead atoms. The highest BCUT2D eigenvalue weighted by Crippen LogP contribution is 2.24. The normalized spacial score (nSPS) is 11.0. The quantitative estimate of drug-likeness (QED) is 0.433. The number of anilines is 3. The van der Waals surface area contributed by atoms with E-state index >= 15 is 0 Å². The Balaban J connectivity index is 1.95. The Bertz CT molecular complexity index is 746. The van der Waals surface area contributed by atoms with Crippen molar-refractivity contribution in [2.75, 3.05) is 10.7 Å². The minimum atomic E-state index is 0.327. The predicted molar refractivity (Wildman–Crippen MR) is 83.3 cm³/mol. The fourth-order valence-corrected chi connectivity index (χ4v) is 2.08. The van der Waals surface area contributed by atoms with E-state index in [1.165, 1.54) is 5.56 Å². The second-order valence-electron chi connectivity index (χ2n) is 5.07. The molecule has 0 fully saturated rings. The number of nitrogens with two attached hydrogens (primary N) is 1. The summed E-state index contributed by atoms with van der Waals surface area (Å²) in [6, 6.07) is 8.25. The number of aromatic amines is 1. The summed E-state index contributed by atoms with van der Waals surface area (Å²) in [6.45, 7) is 4.34. The summed E-state index contributed by atoms with van der Waals surface area (Å²) in [6.07, 6.45) is 1.68. The maximum Gasteiger partial charge on any atom is 0.241 e. The van der Waals surface area contributed by atoms with Crippen molar-refractivity contribution < 1.29 is 0 Å². The molecule has 0 aliphatic carbocycles. The Morgan fingerprint density at radius 1 is 1.14 bits per heavy atom. The maximum atomic E-state index is 5.39. The lowest BCUT2D eigenvalue weighted by molar-refractivity contribution is 0.867. The molecule has 1 aromatic carbocycles. The lowest BCUT2D eigenvalue weighted by atomic mass is 10.0. The number of hydrazine groups is 1. The van der Waals surface area contributed by atoms with Crippen LogP contribution >= 0.6 is 0 Å². The molecule has 2 aromatic heterocycles. The third kappa shape index (κ3) is 2.63. The number of H-pyrrole nitrogens is 1. The van der Waals surface area contributed by atoms with Gasteiger partial charge in [0.05, 0.1) is 11.6 Å². The third-order valence-corrected chi connectivity index (χ3v) is 3.28. The molecule has 0 saturated heterocycles. The second-order valence-corrected chi connectivity index (χ2v) is 5.07. The van der Waals surface area contributed by atoms with Crippen LogP contribution in [0.3, 0.4) is 0 Å². The zero-order valence-corrected chi connectivity index (χ0v) is 11.9. The van der Waals surface area contributed by atoms with Crippen LogP contribution in [-0.2, 0) is 0 Å². The highest BCUT2D eigenvalue weighted by molar-refractivity contribution is 5.88. The van der Waals surface area contributed by atoms with Crippen molar-refractivity contribution in [1.82, 2.24) is 20.2 Å². The van der Waals surface area contributed by atoms with Crippen molar-refractivity contribution in [3.05, 3.63) is 36.0 Å². The fraction of sp³-hybridized carbons (Fsp3) is 0.214. The Kier molecular flexibility index (Phi) is 3.41. The molecule has 2 heterocycles. The van der Waals surface area contributed by atoms with Crippen molar-refractivity contribution >= 4 is 28.5 Å². The number of hydrogen-bond donors (Lipinski definition) is 4. The van der Waals surface area contributed by atoms with E-state index < -0.39 is 0 Å². The van der Waals surface area contributed by atoms with E-state index in [1.807, 2.05) is 12.1 Å². The van der Waals surface area contributed by atoms with E-state index in [9.17, 15) is 0 Å². The van der Waals surface area contributed by atoms with Crippen molar-refractivity contribution in [2.24, 2.45) is 5.84 Å². The van der Waals surface area contributed by atoms with Crippen LogP contribution in [0.15, 0.2) is 30.5 Å². The summed E-state index contributed by atoms with van der Waals surface area (Å²) in [5, 5.41) is 10.9. The molecule has 0 aliphatic rings. The highest BCUT2D eigenvalue weighted by atomic mass is 15.3. The Labute approximate surface area is 122 Å². The third-order valence-electron chi connectivity index (χ3n) is 3.28. The van der Waals surface area contributed by atoms with Gasteiger partial charge in [-0.3, -0.25) is 10.5 Å². The van der Waals surface area contributed by atoms with Crippen molar-refractivity contribution in [3.8, 4) is 0 Å². The minimum absolute atomic E-state index is 0.327. The van der Waals surface area contributed by atoms with Crippen LogP contribution in [0.5, 0.6) is 0 Å². The van der Waals surface area contributed by atoms with Gasteiger partial charge in [0.2, 0.25) is 5.95 Å². The molecule has 0 aliphatic heterocycles. The summed E-state index contributed by atoms with van der Waals surface area (Å²) in [5.74, 6) is 6.87. The number of rotatable bonds is 4. The number of nitrogen functional groups attached to an aromatic ring is 1. The summed E-state index contributed by atoms with van der Waals surface area (Å²) >= 11 is 0. The van der Waals surface area contributed by atoms with E-state index in [0.29, 0.717) is 23.3 Å². The van der Waals surface area contributed by atoms with Crippen LogP contribution in [0, 0.1) is 0 Å². The van der Waals surface area contributed by atoms with Crippen molar-refractivity contribution in [1.29, 1.82) is 0 Å². The van der Waals surface area contributed by atoms with E-state index in [0.717, 1.165) is 11.1 Å². The molecule has 21 heavy (non-hydrogen) atoms. The first-order valence-electron chi connectivity index (χ1n) is 6.72. The van der Waals surface area contributed by atoms with Crippen molar-refractivity contribution in [2.45, 2.75) is 19.8 Å². The summed E-state index contributed by atoms with van der Waals surface area (Å²) in [7, 11) is 0. The molecule has 0 spiro atoms. The van der Waals surface area contributed by atoms with Gasteiger partial charge in [0.1, 0.15) is 5.82 Å². The average Bonchev–Trinajstić information content (AvgIpc) is 2.96. The molecular formula is C14H17N7. The minimum Gasteiger partial charge on any atom is -0.339 e. The van der Waals surface area contributed by atoms with Crippen LogP contribution in [-0.4, -0.2) is 20.2 Å². The average molecular weight is 283 g/mol. The van der Waals surface area contributed by atoms with Crippen LogP contribution in [0.25, 0.3) is 11.0 Å². The van der Waals surface area contributed by atoms with Crippen LogP contribution < -0.4 is 16.6 Å². The Hall–Kier alpha value is -2.67. The molecule has 0 radical (unpaired) electrons. The topological polar surface area (TPSA) is 105 Å². The largest absolute Gasteiger partial charge is 0.339 e. The van der Waals surface area contributed by atoms with Gasteiger partial charge in [-0.2, -0.15) is 15.1 Å². The molecule has 0 unspecified atom stereocenters. The molecule has 5 N–H and O–H groups in total. The number of aromatic nitrogens is 4. The summed E-state index contributed by atoms with van der Waals surface area (Å²) < 4.78 is 0. The summed E-state index contributed by atoms with van der Waals surface area (Å²) in [4.78, 5) is 8.51.